The van der Waals surface area contributed by atoms with E-state index in [-0.39, 0.29) is 26.2 Å². The second kappa shape index (κ2) is 36.1. The van der Waals surface area contributed by atoms with Crippen LogP contribution in [0.5, 0.6) is 0 Å². The number of hydrogen-bond donors (Lipinski definition) is 2. The molecule has 2 N–H and O–H groups in total. The molecule has 0 aliphatic heterocycles. The summed E-state index contributed by atoms with van der Waals surface area (Å²) in [5, 5.41) is 51.1. The first-order valence-electron chi connectivity index (χ1n) is 4.00. The fraction of sp³-hybridized carbons (Fsp3) is 0.500. The van der Waals surface area contributed by atoms with Crippen molar-refractivity contribution in [2.45, 2.75) is 27.7 Å². The molecule has 0 aromatic heterocycles. The van der Waals surface area contributed by atoms with E-state index >= 15 is 0 Å². The zero-order valence-electron chi connectivity index (χ0n) is 11.1. The van der Waals surface area contributed by atoms with Crippen LogP contribution >= 0.6 is 0 Å². The summed E-state index contributed by atoms with van der Waals surface area (Å²) in [5.41, 5.74) is 0. The number of rotatable bonds is 0. The van der Waals surface area contributed by atoms with Crippen molar-refractivity contribution in [3.63, 3.8) is 0 Å². The van der Waals surface area contributed by atoms with Gasteiger partial charge in [-0.25, -0.2) is 10.5 Å². The Labute approximate surface area is 133 Å². The van der Waals surface area contributed by atoms with E-state index in [0.29, 0.717) is 0 Å². The van der Waals surface area contributed by atoms with E-state index in [9.17, 15) is 0 Å². The first kappa shape index (κ1) is 36.3. The van der Waals surface area contributed by atoms with Crippen molar-refractivity contribution >= 4 is 23.9 Å². The third kappa shape index (κ3) is 2210. The molecule has 0 saturated carbocycles. The number of carboxylic acid groups (broad SMARTS) is 4. The van der Waals surface area contributed by atoms with Crippen molar-refractivity contribution in [3.05, 3.63) is 0 Å². The van der Waals surface area contributed by atoms with Gasteiger partial charge in [-0.2, -0.15) is 0 Å². The molecule has 0 heterocycles. The molecule has 0 aromatic carbocycles. The molecule has 0 saturated heterocycles. The summed E-state index contributed by atoms with van der Waals surface area (Å²) in [7, 11) is 0. The monoisotopic (exact) mass is 376 g/mol. The second-order valence-corrected chi connectivity index (χ2v) is 2.05. The summed E-state index contributed by atoms with van der Waals surface area (Å²) in [4.78, 5) is 35.6. The quantitative estimate of drug-likeness (QED) is 0.301. The van der Waals surface area contributed by atoms with Crippen LogP contribution in [0.15, 0.2) is 0 Å². The zero-order chi connectivity index (χ0) is 17.0. The van der Waals surface area contributed by atoms with Crippen molar-refractivity contribution in [1.29, 1.82) is 0 Å². The van der Waals surface area contributed by atoms with Crippen LogP contribution < -0.4 is 20.4 Å². The predicted octanol–water partition coefficient (Wildman–Crippen LogP) is -5.03. The first-order valence-corrected chi connectivity index (χ1v) is 4.00. The van der Waals surface area contributed by atoms with E-state index in [1.165, 1.54) is 0 Å². The molecule has 0 rings (SSSR count). The van der Waals surface area contributed by atoms with Crippen LogP contribution in [-0.2, 0) is 50.4 Å². The Bertz CT molecular complexity index is 177. The zero-order valence-corrected chi connectivity index (χ0v) is 13.5. The summed E-state index contributed by atoms with van der Waals surface area (Å²) in [6, 6.07) is 0. The Kier molecular flexibility index (Phi) is 65.4. The van der Waals surface area contributed by atoms with Crippen LogP contribution in [0.4, 0.5) is 0 Å². The van der Waals surface area contributed by atoms with Crippen LogP contribution in [-0.4, -0.2) is 34.4 Å². The standard InChI is InChI=1S/4C2H4O2.H2O3.Zr/c4*1-2(3)4;1-3-2;/h4*1H3,(H,3,4);1-2H;/q;;;;;+4/p-4. The molecule has 0 spiro atoms. The molecule has 0 aliphatic rings. The van der Waals surface area contributed by atoms with E-state index < -0.39 is 23.9 Å². The molecule has 116 valence electrons. The largest absolute Gasteiger partial charge is 4.00 e. The van der Waals surface area contributed by atoms with E-state index in [1.807, 2.05) is 0 Å². The minimum atomic E-state index is -1.08. The Hall–Kier alpha value is -1.36. The normalized spacial score (nSPS) is 5.90. The number of carbonyl (C=O) groups is 4. The summed E-state index contributed by atoms with van der Waals surface area (Å²) in [5.74, 6) is -4.33. The first-order chi connectivity index (χ1) is 8.34. The van der Waals surface area contributed by atoms with Gasteiger partial charge in [0.05, 0.1) is 0 Å². The number of carboxylic acids is 4. The average Bonchev–Trinajstić information content (AvgIpc) is 1.97. The fourth-order valence-electron chi connectivity index (χ4n) is 0. The molecule has 20 heavy (non-hydrogen) atoms. The van der Waals surface area contributed by atoms with Gasteiger partial charge in [0, 0.05) is 23.9 Å². The Balaban J connectivity index is -0.0000000304. The van der Waals surface area contributed by atoms with Gasteiger partial charge in [-0.3, -0.25) is 0 Å². The maximum Gasteiger partial charge on any atom is 4.00 e. The van der Waals surface area contributed by atoms with Gasteiger partial charge in [0.2, 0.25) is 0 Å². The van der Waals surface area contributed by atoms with Gasteiger partial charge in [0.25, 0.3) is 0 Å². The predicted molar refractivity (Wildman–Crippen MR) is 49.1 cm³/mol. The molecule has 0 amide bonds. The van der Waals surface area contributed by atoms with Crippen molar-refractivity contribution in [1.82, 2.24) is 0 Å². The molecule has 0 unspecified atom stereocenters. The van der Waals surface area contributed by atoms with E-state index in [4.69, 9.17) is 50.1 Å². The Morgan fingerprint density at radius 1 is 0.650 bits per heavy atom. The molecular formula is C8H14O11Zr. The number of carbonyl (C=O) groups excluding carboxylic acids is 4. The molecule has 0 aromatic rings. The van der Waals surface area contributed by atoms with E-state index in [0.717, 1.165) is 27.7 Å². The fourth-order valence-corrected chi connectivity index (χ4v) is 0. The smallest absolute Gasteiger partial charge is 0.550 e. The summed E-state index contributed by atoms with van der Waals surface area (Å²) < 4.78 is 0. The molecule has 0 aliphatic carbocycles. The average molecular weight is 377 g/mol. The molecule has 12 heteroatoms. The van der Waals surface area contributed by atoms with Crippen LogP contribution in [0, 0.1) is 0 Å². The van der Waals surface area contributed by atoms with Crippen molar-refractivity contribution in [2.75, 3.05) is 0 Å². The van der Waals surface area contributed by atoms with Crippen LogP contribution in [0.25, 0.3) is 0 Å². The Morgan fingerprint density at radius 2 is 0.650 bits per heavy atom. The summed E-state index contributed by atoms with van der Waals surface area (Å²) in [6.45, 7) is 3.89. The van der Waals surface area contributed by atoms with Gasteiger partial charge in [0.1, 0.15) is 0 Å². The minimum Gasteiger partial charge on any atom is -0.550 e. The third-order valence-electron chi connectivity index (χ3n) is 0. The summed E-state index contributed by atoms with van der Waals surface area (Å²) >= 11 is 0. The van der Waals surface area contributed by atoms with Gasteiger partial charge in [0.15, 0.2) is 0 Å². The molecule has 11 nitrogen and oxygen atoms in total. The number of hydrogen-bond acceptors (Lipinski definition) is 11. The van der Waals surface area contributed by atoms with Crippen molar-refractivity contribution in [2.24, 2.45) is 0 Å². The van der Waals surface area contributed by atoms with Crippen LogP contribution in [0.3, 0.4) is 0 Å². The topological polar surface area (TPSA) is 210 Å². The van der Waals surface area contributed by atoms with Gasteiger partial charge < -0.3 is 39.6 Å². The Morgan fingerprint density at radius 3 is 0.650 bits per heavy atom. The number of aliphatic carboxylic acids is 4. The van der Waals surface area contributed by atoms with E-state index in [2.05, 4.69) is 5.04 Å². The van der Waals surface area contributed by atoms with Crippen molar-refractivity contribution < 1.29 is 81.4 Å². The third-order valence-corrected chi connectivity index (χ3v) is 0. The molecule has 0 atom stereocenters. The van der Waals surface area contributed by atoms with Crippen LogP contribution in [0.2, 0.25) is 0 Å². The SMILES string of the molecule is CC(=O)[O-].CC(=O)[O-].CC(=O)[O-].CC(=O)[O-].OOO.[Zr+4]. The van der Waals surface area contributed by atoms with Gasteiger partial charge in [-0.1, -0.05) is 5.04 Å². The van der Waals surface area contributed by atoms with Crippen LogP contribution in [0.1, 0.15) is 27.7 Å². The van der Waals surface area contributed by atoms with Gasteiger partial charge in [-0.05, 0) is 27.7 Å². The maximum absolute atomic E-state index is 8.89. The maximum atomic E-state index is 8.89. The molecule has 0 radical (unpaired) electrons. The van der Waals surface area contributed by atoms with Crippen molar-refractivity contribution in [3.8, 4) is 0 Å². The molecular weight excluding hydrogens is 363 g/mol. The van der Waals surface area contributed by atoms with Gasteiger partial charge in [-0.15, -0.1) is 0 Å². The molecule has 0 bridgehead atoms. The molecule has 0 fully saturated rings. The van der Waals surface area contributed by atoms with E-state index in [1.54, 1.807) is 0 Å². The summed E-state index contributed by atoms with van der Waals surface area (Å²) in [6.07, 6.45) is 0. The van der Waals surface area contributed by atoms with Gasteiger partial charge >= 0.3 is 26.2 Å². The minimum absolute atomic E-state index is 0. The second-order valence-electron chi connectivity index (χ2n) is 2.05.